The Morgan fingerprint density at radius 1 is 0.865 bits per heavy atom. The van der Waals surface area contributed by atoms with E-state index in [1.807, 2.05) is 6.20 Å². The highest BCUT2D eigenvalue weighted by Gasteiger charge is 2.72. The molecule has 0 unspecified atom stereocenters. The average molecular weight is 708 g/mol. The second kappa shape index (κ2) is 12.3. The number of likely N-dealkylation sites (tertiary alicyclic amines) is 1. The zero-order chi connectivity index (χ0) is 37.0. The monoisotopic (exact) mass is 708 g/mol. The second-order valence-electron chi connectivity index (χ2n) is 20.0. The number of hydrogen-bond donors (Lipinski definition) is 1. The maximum absolute atomic E-state index is 15.4. The fourth-order valence-corrected chi connectivity index (χ4v) is 14.9. The molecule has 11 atom stereocenters. The smallest absolute Gasteiger partial charge is 0.302 e. The normalized spacial score (nSPS) is 42.1. The van der Waals surface area contributed by atoms with Crippen LogP contribution in [0.4, 0.5) is 0 Å². The van der Waals surface area contributed by atoms with Gasteiger partial charge in [-0.3, -0.25) is 9.59 Å². The number of benzene rings is 1. The van der Waals surface area contributed by atoms with Crippen LogP contribution in [0.15, 0.2) is 42.6 Å². The van der Waals surface area contributed by atoms with Gasteiger partial charge in [0.05, 0.1) is 23.3 Å². The first-order chi connectivity index (χ1) is 24.6. The molecule has 8 rings (SSSR count). The Kier molecular flexibility index (Phi) is 8.55. The first-order valence-electron chi connectivity index (χ1n) is 20.8. The number of hydrogen-bond acceptors (Lipinski definition) is 4. The first-order valence-corrected chi connectivity index (χ1v) is 20.8. The Balaban J connectivity index is 1.10. The Labute approximate surface area is 313 Å². The van der Waals surface area contributed by atoms with E-state index in [0.717, 1.165) is 75.0 Å². The summed E-state index contributed by atoms with van der Waals surface area (Å²) in [5.74, 6) is 3.63. The van der Waals surface area contributed by atoms with Gasteiger partial charge in [-0.25, -0.2) is 4.98 Å². The van der Waals surface area contributed by atoms with Crippen molar-refractivity contribution < 1.29 is 14.3 Å². The number of carbonyl (C=O) groups excluding carboxylic acids is 2. The summed E-state index contributed by atoms with van der Waals surface area (Å²) in [5, 5.41) is 0. The van der Waals surface area contributed by atoms with Crippen molar-refractivity contribution in [2.45, 2.75) is 145 Å². The van der Waals surface area contributed by atoms with Crippen LogP contribution in [0, 0.1) is 63.6 Å². The molecule has 6 heteroatoms. The molecule has 1 N–H and O–H groups in total. The van der Waals surface area contributed by atoms with Gasteiger partial charge in [0.25, 0.3) is 0 Å². The number of rotatable bonds is 5. The standard InChI is InChI=1S/C46H65N3O3/c1-28(2)32-18-23-46(41(51)49-26-10-11-35(49)40-47-27-34(48-40)31-14-12-29(3)13-15-31)25-24-44(8)33(39(32)46)16-17-37-43(7)21-20-38(52-30(4)50)42(5,6)36(43)19-22-45(37,44)9/h12-15,27,32-33,35-39H,1,10-11,16-26H2,2-9H3,(H,47,48)/t32-,33+,35-,36-,37+,38-,39+,43-,44+,45+,46-/m0/s1. The van der Waals surface area contributed by atoms with Crippen LogP contribution >= 0.6 is 0 Å². The molecule has 1 aromatic carbocycles. The summed E-state index contributed by atoms with van der Waals surface area (Å²) < 4.78 is 6.00. The highest BCUT2D eigenvalue weighted by molar-refractivity contribution is 5.84. The molecule has 0 radical (unpaired) electrons. The van der Waals surface area contributed by atoms with Gasteiger partial charge in [-0.2, -0.15) is 0 Å². The molecule has 1 aliphatic heterocycles. The number of nitrogens with one attached hydrogen (secondary N) is 1. The highest BCUT2D eigenvalue weighted by Crippen LogP contribution is 2.78. The molecule has 1 aromatic heterocycles. The number of imidazole rings is 1. The zero-order valence-electron chi connectivity index (χ0n) is 33.4. The minimum atomic E-state index is -0.322. The van der Waals surface area contributed by atoms with Crippen LogP contribution in [0.25, 0.3) is 11.3 Å². The van der Waals surface area contributed by atoms with Crippen molar-refractivity contribution in [2.24, 2.45) is 56.7 Å². The van der Waals surface area contributed by atoms with Crippen LogP contribution in [0.3, 0.4) is 0 Å². The number of allylic oxidation sites excluding steroid dienone is 1. The number of aromatic amines is 1. The van der Waals surface area contributed by atoms with Gasteiger partial charge in [-0.05, 0) is 142 Å². The van der Waals surface area contributed by atoms with Crippen molar-refractivity contribution in [1.29, 1.82) is 0 Å². The van der Waals surface area contributed by atoms with Crippen molar-refractivity contribution in [3.8, 4) is 11.3 Å². The van der Waals surface area contributed by atoms with Crippen LogP contribution in [-0.2, 0) is 14.3 Å². The highest BCUT2D eigenvalue weighted by atomic mass is 16.5. The van der Waals surface area contributed by atoms with E-state index >= 15 is 4.79 Å². The van der Waals surface area contributed by atoms with Gasteiger partial charge in [0.1, 0.15) is 11.9 Å². The number of carbonyl (C=O) groups is 2. The van der Waals surface area contributed by atoms with Gasteiger partial charge < -0.3 is 14.6 Å². The molecule has 5 saturated carbocycles. The van der Waals surface area contributed by atoms with Crippen LogP contribution in [0.1, 0.15) is 143 Å². The summed E-state index contributed by atoms with van der Waals surface area (Å²) in [6, 6.07) is 8.60. The summed E-state index contributed by atoms with van der Waals surface area (Å²) in [5.41, 5.74) is 4.93. The van der Waals surface area contributed by atoms with E-state index in [0.29, 0.717) is 35.5 Å². The fraction of sp³-hybridized carbons (Fsp3) is 0.717. The van der Waals surface area contributed by atoms with Gasteiger partial charge in [-0.1, -0.05) is 76.6 Å². The maximum atomic E-state index is 15.4. The Hall–Kier alpha value is -2.89. The summed E-state index contributed by atoms with van der Waals surface area (Å²) in [6.45, 7) is 24.1. The summed E-state index contributed by atoms with van der Waals surface area (Å²) in [7, 11) is 0. The minimum Gasteiger partial charge on any atom is -0.462 e. The molecular formula is C46H65N3O3. The molecular weight excluding hydrogens is 643 g/mol. The molecule has 0 spiro atoms. The molecule has 6 fully saturated rings. The number of aromatic nitrogens is 2. The zero-order valence-corrected chi connectivity index (χ0v) is 33.4. The fourth-order valence-electron chi connectivity index (χ4n) is 14.9. The molecule has 282 valence electrons. The lowest BCUT2D eigenvalue weighted by Crippen LogP contribution is -2.67. The molecule has 6 nitrogen and oxygen atoms in total. The lowest BCUT2D eigenvalue weighted by atomic mass is 9.32. The lowest BCUT2D eigenvalue weighted by molar-refractivity contribution is -0.249. The van der Waals surface area contributed by atoms with Gasteiger partial charge in [0, 0.05) is 18.9 Å². The molecule has 52 heavy (non-hydrogen) atoms. The number of esters is 1. The Bertz CT molecular complexity index is 1740. The van der Waals surface area contributed by atoms with Crippen LogP contribution in [-0.4, -0.2) is 39.4 Å². The van der Waals surface area contributed by atoms with Crippen LogP contribution < -0.4 is 0 Å². The third kappa shape index (κ3) is 5.03. The Morgan fingerprint density at radius 3 is 2.33 bits per heavy atom. The summed E-state index contributed by atoms with van der Waals surface area (Å²) in [4.78, 5) is 38.4. The molecule has 2 heterocycles. The number of aryl methyl sites for hydroxylation is 1. The van der Waals surface area contributed by atoms with Crippen molar-refractivity contribution in [2.75, 3.05) is 6.54 Å². The number of amides is 1. The van der Waals surface area contributed by atoms with Gasteiger partial charge in [0.15, 0.2) is 0 Å². The van der Waals surface area contributed by atoms with E-state index < -0.39 is 0 Å². The summed E-state index contributed by atoms with van der Waals surface area (Å²) >= 11 is 0. The number of H-pyrrole nitrogens is 1. The van der Waals surface area contributed by atoms with E-state index in [2.05, 4.69) is 89.2 Å². The molecule has 6 aliphatic rings. The third-order valence-corrected chi connectivity index (χ3v) is 17.5. The topological polar surface area (TPSA) is 75.3 Å². The van der Waals surface area contributed by atoms with E-state index in [-0.39, 0.29) is 45.2 Å². The van der Waals surface area contributed by atoms with Crippen molar-refractivity contribution in [3.63, 3.8) is 0 Å². The van der Waals surface area contributed by atoms with Gasteiger partial charge >= 0.3 is 5.97 Å². The average Bonchev–Trinajstić information content (AvgIpc) is 3.85. The molecule has 1 saturated heterocycles. The number of ether oxygens (including phenoxy) is 1. The van der Waals surface area contributed by atoms with Crippen molar-refractivity contribution in [1.82, 2.24) is 14.9 Å². The van der Waals surface area contributed by atoms with Gasteiger partial charge in [0.2, 0.25) is 5.91 Å². The quantitative estimate of drug-likeness (QED) is 0.248. The Morgan fingerprint density at radius 2 is 1.62 bits per heavy atom. The van der Waals surface area contributed by atoms with E-state index in [9.17, 15) is 4.79 Å². The second-order valence-corrected chi connectivity index (χ2v) is 20.0. The SMILES string of the molecule is C=C(C)[C@@H]1CC[C@]2(C(=O)N3CCC[C@H]3c3ncc(-c4ccc(C)cc4)[nH]3)CC[C@]3(C)[C@H](CC[C@@H]4[C@@]5(C)CC[C@H](OC(C)=O)C(C)(C)[C@@H]5CC[C@]43C)[C@@H]12. The van der Waals surface area contributed by atoms with Crippen LogP contribution in [0.5, 0.6) is 0 Å². The number of nitrogens with zero attached hydrogens (tertiary/aromatic N) is 2. The van der Waals surface area contributed by atoms with E-state index in [1.165, 1.54) is 36.8 Å². The predicted molar refractivity (Wildman–Crippen MR) is 207 cm³/mol. The molecule has 1 amide bonds. The van der Waals surface area contributed by atoms with E-state index in [1.54, 1.807) is 6.92 Å². The van der Waals surface area contributed by atoms with Gasteiger partial charge in [-0.15, -0.1) is 0 Å². The molecule has 0 bridgehead atoms. The largest absolute Gasteiger partial charge is 0.462 e. The molecule has 5 aliphatic carbocycles. The third-order valence-electron chi connectivity index (χ3n) is 17.5. The van der Waals surface area contributed by atoms with Crippen molar-refractivity contribution >= 4 is 11.9 Å². The predicted octanol–water partition coefficient (Wildman–Crippen LogP) is 10.6. The number of fused-ring (bicyclic) bond motifs is 7. The van der Waals surface area contributed by atoms with E-state index in [4.69, 9.17) is 9.72 Å². The minimum absolute atomic E-state index is 0.000245. The maximum Gasteiger partial charge on any atom is 0.302 e. The lowest BCUT2D eigenvalue weighted by Gasteiger charge is -2.73. The first kappa shape index (κ1) is 36.1. The van der Waals surface area contributed by atoms with Crippen molar-refractivity contribution in [3.05, 3.63) is 54.0 Å². The summed E-state index contributed by atoms with van der Waals surface area (Å²) in [6.07, 6.45) is 15.1. The molecule has 2 aromatic rings. The van der Waals surface area contributed by atoms with Crippen LogP contribution in [0.2, 0.25) is 0 Å².